The molecule has 0 radical (unpaired) electrons. The van der Waals surface area contributed by atoms with Crippen molar-refractivity contribution in [2.75, 3.05) is 13.4 Å². The van der Waals surface area contributed by atoms with Crippen LogP contribution in [0.15, 0.2) is 70.3 Å². The summed E-state index contributed by atoms with van der Waals surface area (Å²) in [4.78, 5) is 28.3. The molecule has 0 saturated carbocycles. The summed E-state index contributed by atoms with van der Waals surface area (Å²) < 4.78 is 4.95. The maximum absolute atomic E-state index is 13.1. The zero-order chi connectivity index (χ0) is 20.3. The minimum atomic E-state index is -0.496. The first-order chi connectivity index (χ1) is 13.4. The molecular weight excluding hydrogens is 370 g/mol. The van der Waals surface area contributed by atoms with Crippen LogP contribution < -0.4 is 0 Å². The number of carbonyl (C=O) groups excluding carboxylic acids is 2. The summed E-state index contributed by atoms with van der Waals surface area (Å²) in [7, 11) is 1.33. The predicted molar refractivity (Wildman–Crippen MR) is 113 cm³/mol. The fourth-order valence-corrected chi connectivity index (χ4v) is 3.57. The molecule has 0 unspecified atom stereocenters. The molecule has 1 heterocycles. The number of allylic oxidation sites excluding steroid dienone is 1. The van der Waals surface area contributed by atoms with Crippen LogP contribution >= 0.6 is 11.8 Å². The minimum absolute atomic E-state index is 0.188. The van der Waals surface area contributed by atoms with E-state index in [1.165, 1.54) is 7.11 Å². The highest BCUT2D eigenvalue weighted by Gasteiger charge is 2.36. The van der Waals surface area contributed by atoms with Gasteiger partial charge in [-0.1, -0.05) is 42.0 Å². The van der Waals surface area contributed by atoms with E-state index < -0.39 is 5.97 Å². The SMILES string of the molecule is COC(=O)C1=C(C)N(Cc2ccc(C)cc2)C(=O)/C1=C\c1ccc(SC)cc1. The number of amides is 1. The van der Waals surface area contributed by atoms with Crippen LogP contribution in [0.4, 0.5) is 0 Å². The molecule has 1 aliphatic heterocycles. The summed E-state index contributed by atoms with van der Waals surface area (Å²) in [6.45, 7) is 4.22. The first-order valence-corrected chi connectivity index (χ1v) is 10.2. The maximum Gasteiger partial charge on any atom is 0.340 e. The van der Waals surface area contributed by atoms with E-state index >= 15 is 0 Å². The molecule has 0 spiro atoms. The number of methoxy groups -OCH3 is 1. The summed E-state index contributed by atoms with van der Waals surface area (Å²) in [6, 6.07) is 15.9. The average Bonchev–Trinajstić information content (AvgIpc) is 2.94. The normalized spacial score (nSPS) is 15.5. The van der Waals surface area contributed by atoms with Crippen molar-refractivity contribution in [2.45, 2.75) is 25.3 Å². The molecule has 0 aliphatic carbocycles. The lowest BCUT2D eigenvalue weighted by molar-refractivity contribution is -0.136. The molecule has 4 nitrogen and oxygen atoms in total. The number of hydrogen-bond acceptors (Lipinski definition) is 4. The smallest absolute Gasteiger partial charge is 0.340 e. The Hall–Kier alpha value is -2.79. The molecule has 0 saturated heterocycles. The van der Waals surface area contributed by atoms with Crippen molar-refractivity contribution in [3.63, 3.8) is 0 Å². The van der Waals surface area contributed by atoms with Crippen molar-refractivity contribution in [1.29, 1.82) is 0 Å². The number of esters is 1. The second kappa shape index (κ2) is 8.48. The average molecular weight is 394 g/mol. The number of nitrogens with zero attached hydrogens (tertiary/aromatic N) is 1. The lowest BCUT2D eigenvalue weighted by atomic mass is 10.0. The third-order valence-corrected chi connectivity index (χ3v) is 5.53. The topological polar surface area (TPSA) is 46.6 Å². The molecule has 0 fully saturated rings. The second-order valence-corrected chi connectivity index (χ2v) is 7.54. The lowest BCUT2D eigenvalue weighted by Crippen LogP contribution is -2.24. The quantitative estimate of drug-likeness (QED) is 0.423. The molecule has 2 aromatic rings. The van der Waals surface area contributed by atoms with Crippen molar-refractivity contribution >= 4 is 29.7 Å². The van der Waals surface area contributed by atoms with Crippen molar-refractivity contribution in [3.05, 3.63) is 82.1 Å². The van der Waals surface area contributed by atoms with E-state index in [9.17, 15) is 9.59 Å². The lowest BCUT2D eigenvalue weighted by Gasteiger charge is -2.18. The van der Waals surface area contributed by atoms with E-state index in [4.69, 9.17) is 4.74 Å². The number of thioether (sulfide) groups is 1. The molecule has 28 heavy (non-hydrogen) atoms. The van der Waals surface area contributed by atoms with E-state index in [0.29, 0.717) is 23.4 Å². The monoisotopic (exact) mass is 393 g/mol. The number of hydrogen-bond donors (Lipinski definition) is 0. The van der Waals surface area contributed by atoms with Crippen molar-refractivity contribution in [1.82, 2.24) is 4.90 Å². The Morgan fingerprint density at radius 1 is 1.07 bits per heavy atom. The highest BCUT2D eigenvalue weighted by Crippen LogP contribution is 2.33. The van der Waals surface area contributed by atoms with Gasteiger partial charge in [0, 0.05) is 10.6 Å². The third-order valence-electron chi connectivity index (χ3n) is 4.79. The van der Waals surface area contributed by atoms with Gasteiger partial charge >= 0.3 is 5.97 Å². The van der Waals surface area contributed by atoms with Gasteiger partial charge in [-0.05, 0) is 49.4 Å². The highest BCUT2D eigenvalue weighted by molar-refractivity contribution is 7.98. The molecule has 0 atom stereocenters. The molecule has 0 N–H and O–H groups in total. The van der Waals surface area contributed by atoms with Crippen LogP contribution in [0.2, 0.25) is 0 Å². The van der Waals surface area contributed by atoms with E-state index in [0.717, 1.165) is 21.6 Å². The Balaban J connectivity index is 1.98. The fraction of sp³-hybridized carbons (Fsp3) is 0.217. The van der Waals surface area contributed by atoms with Crippen molar-refractivity contribution < 1.29 is 14.3 Å². The second-order valence-electron chi connectivity index (χ2n) is 6.66. The van der Waals surface area contributed by atoms with Gasteiger partial charge in [0.05, 0.1) is 24.8 Å². The molecular formula is C23H23NO3S. The van der Waals surface area contributed by atoms with Gasteiger partial charge in [0.2, 0.25) is 0 Å². The van der Waals surface area contributed by atoms with Gasteiger partial charge in [0.15, 0.2) is 0 Å². The summed E-state index contributed by atoms with van der Waals surface area (Å²) in [5, 5.41) is 0. The zero-order valence-corrected chi connectivity index (χ0v) is 17.3. The first kappa shape index (κ1) is 20.0. The molecule has 0 bridgehead atoms. The first-order valence-electron chi connectivity index (χ1n) is 8.97. The van der Waals surface area contributed by atoms with Crippen LogP contribution in [0.25, 0.3) is 6.08 Å². The van der Waals surface area contributed by atoms with Gasteiger partial charge in [0.25, 0.3) is 5.91 Å². The third kappa shape index (κ3) is 4.04. The van der Waals surface area contributed by atoms with E-state index in [-0.39, 0.29) is 5.91 Å². The summed E-state index contributed by atoms with van der Waals surface area (Å²) in [5.74, 6) is -0.684. The molecule has 2 aromatic carbocycles. The number of carbonyl (C=O) groups is 2. The van der Waals surface area contributed by atoms with Gasteiger partial charge in [-0.15, -0.1) is 11.8 Å². The molecule has 1 amide bonds. The van der Waals surface area contributed by atoms with E-state index in [1.807, 2.05) is 61.7 Å². The number of benzene rings is 2. The molecule has 144 valence electrons. The highest BCUT2D eigenvalue weighted by atomic mass is 32.2. The standard InChI is InChI=1S/C23H23NO3S/c1-15-5-7-18(8-6-15)14-24-16(2)21(23(26)27-3)20(22(24)25)13-17-9-11-19(28-4)12-10-17/h5-13H,14H2,1-4H3/b20-13-. The van der Waals surface area contributed by atoms with Crippen LogP contribution in [-0.2, 0) is 20.9 Å². The Kier molecular flexibility index (Phi) is 6.05. The Morgan fingerprint density at radius 2 is 1.71 bits per heavy atom. The zero-order valence-electron chi connectivity index (χ0n) is 16.5. The molecule has 0 aromatic heterocycles. The van der Waals surface area contributed by atoms with Crippen LogP contribution in [0.3, 0.4) is 0 Å². The van der Waals surface area contributed by atoms with Crippen molar-refractivity contribution in [2.24, 2.45) is 0 Å². The van der Waals surface area contributed by atoms with Crippen LogP contribution in [0.5, 0.6) is 0 Å². The summed E-state index contributed by atoms with van der Waals surface area (Å²) >= 11 is 1.65. The van der Waals surface area contributed by atoms with Crippen LogP contribution in [-0.4, -0.2) is 30.1 Å². The van der Waals surface area contributed by atoms with E-state index in [2.05, 4.69) is 0 Å². The maximum atomic E-state index is 13.1. The van der Waals surface area contributed by atoms with Gasteiger partial charge in [-0.3, -0.25) is 4.79 Å². The van der Waals surface area contributed by atoms with Gasteiger partial charge in [-0.25, -0.2) is 4.79 Å². The summed E-state index contributed by atoms with van der Waals surface area (Å²) in [5.41, 5.74) is 4.35. The number of ether oxygens (including phenoxy) is 1. The minimum Gasteiger partial charge on any atom is -0.465 e. The Labute approximate surface area is 169 Å². The predicted octanol–water partition coefficient (Wildman–Crippen LogP) is 4.59. The molecule has 5 heteroatoms. The van der Waals surface area contributed by atoms with Gasteiger partial charge in [-0.2, -0.15) is 0 Å². The summed E-state index contributed by atoms with van der Waals surface area (Å²) in [6.07, 6.45) is 3.77. The number of rotatable bonds is 5. The fourth-order valence-electron chi connectivity index (χ4n) is 3.16. The number of aryl methyl sites for hydroxylation is 1. The Bertz CT molecular complexity index is 956. The van der Waals surface area contributed by atoms with E-state index in [1.54, 1.807) is 29.7 Å². The van der Waals surface area contributed by atoms with Crippen molar-refractivity contribution in [3.8, 4) is 0 Å². The van der Waals surface area contributed by atoms with Crippen LogP contribution in [0, 0.1) is 6.92 Å². The van der Waals surface area contributed by atoms with Gasteiger partial charge < -0.3 is 9.64 Å². The Morgan fingerprint density at radius 3 is 2.29 bits per heavy atom. The van der Waals surface area contributed by atoms with Gasteiger partial charge in [0.1, 0.15) is 0 Å². The molecule has 1 aliphatic rings. The largest absolute Gasteiger partial charge is 0.465 e. The molecule has 3 rings (SSSR count). The van der Waals surface area contributed by atoms with Crippen LogP contribution in [0.1, 0.15) is 23.6 Å².